The number of carbonyl (C=O) groups is 1. The van der Waals surface area contributed by atoms with Gasteiger partial charge in [0.15, 0.2) is 5.78 Å². The molecule has 8 nitrogen and oxygen atoms in total. The quantitative estimate of drug-likeness (QED) is 0.416. The van der Waals surface area contributed by atoms with Gasteiger partial charge in [-0.15, -0.1) is 0 Å². The van der Waals surface area contributed by atoms with Gasteiger partial charge in [0.1, 0.15) is 5.82 Å². The second-order valence-electron chi connectivity index (χ2n) is 10.2. The van der Waals surface area contributed by atoms with Crippen molar-refractivity contribution in [3.05, 3.63) is 66.5 Å². The van der Waals surface area contributed by atoms with Gasteiger partial charge in [0, 0.05) is 79.6 Å². The molecule has 2 fully saturated rings. The molecule has 4 aromatic heterocycles. The van der Waals surface area contributed by atoms with Crippen molar-refractivity contribution in [3.8, 4) is 11.1 Å². The van der Waals surface area contributed by atoms with E-state index in [2.05, 4.69) is 43.0 Å². The number of aryl methyl sites for hydroxylation is 1. The molecule has 0 aliphatic carbocycles. The number of likely N-dealkylation sites (tertiary alicyclic amines) is 1. The maximum Gasteiger partial charge on any atom is 0.169 e. The Balaban J connectivity index is 1.17. The number of anilines is 1. The lowest BCUT2D eigenvalue weighted by Crippen LogP contribution is -2.58. The molecule has 6 heterocycles. The molecule has 0 N–H and O–H groups in total. The molecular formula is C27H29N7O. The monoisotopic (exact) mass is 467 g/mol. The minimum Gasteiger partial charge on any atom is -0.357 e. The number of hydrogen-bond acceptors (Lipinski definition) is 7. The predicted molar refractivity (Wildman–Crippen MR) is 135 cm³/mol. The van der Waals surface area contributed by atoms with Crippen LogP contribution < -0.4 is 4.90 Å². The SMILES string of the molecule is CN1CC2(CCN(c3cc(C(=O)Cc4cc5cc(-c6cnn(C)c6)cnc5cn4)ccn3)CC2)C1. The van der Waals surface area contributed by atoms with E-state index in [1.165, 1.54) is 25.9 Å². The fraction of sp³-hybridized carbons (Fsp3) is 0.370. The van der Waals surface area contributed by atoms with Gasteiger partial charge >= 0.3 is 0 Å². The fourth-order valence-electron chi connectivity index (χ4n) is 5.56. The lowest BCUT2D eigenvalue weighted by Gasteiger charge is -2.53. The Labute approximate surface area is 204 Å². The smallest absolute Gasteiger partial charge is 0.169 e. The molecular weight excluding hydrogens is 438 g/mol. The molecule has 178 valence electrons. The summed E-state index contributed by atoms with van der Waals surface area (Å²) in [6, 6.07) is 7.78. The molecule has 2 aliphatic rings. The molecule has 4 aromatic rings. The molecule has 0 radical (unpaired) electrons. The van der Waals surface area contributed by atoms with Crippen LogP contribution in [0.3, 0.4) is 0 Å². The molecule has 0 bridgehead atoms. The van der Waals surface area contributed by atoms with Crippen LogP contribution in [-0.4, -0.2) is 68.6 Å². The molecule has 6 rings (SSSR count). The van der Waals surface area contributed by atoms with Crippen molar-refractivity contribution in [1.82, 2.24) is 29.6 Å². The Bertz CT molecular complexity index is 1400. The first-order valence-electron chi connectivity index (χ1n) is 12.1. The lowest BCUT2D eigenvalue weighted by atomic mass is 9.72. The van der Waals surface area contributed by atoms with Gasteiger partial charge in [0.2, 0.25) is 0 Å². The van der Waals surface area contributed by atoms with Crippen molar-refractivity contribution in [1.29, 1.82) is 0 Å². The number of ketones is 1. The predicted octanol–water partition coefficient (Wildman–Crippen LogP) is 3.38. The number of carbonyl (C=O) groups excluding carboxylic acids is 1. The number of pyridine rings is 3. The number of fused-ring (bicyclic) bond motifs is 1. The summed E-state index contributed by atoms with van der Waals surface area (Å²) in [6.45, 7) is 4.39. The topological polar surface area (TPSA) is 80.0 Å². The fourth-order valence-corrected chi connectivity index (χ4v) is 5.56. The summed E-state index contributed by atoms with van der Waals surface area (Å²) < 4.78 is 1.77. The van der Waals surface area contributed by atoms with E-state index < -0.39 is 0 Å². The largest absolute Gasteiger partial charge is 0.357 e. The van der Waals surface area contributed by atoms with Gasteiger partial charge in [-0.1, -0.05) is 0 Å². The van der Waals surface area contributed by atoms with Crippen LogP contribution in [0, 0.1) is 5.41 Å². The highest BCUT2D eigenvalue weighted by atomic mass is 16.1. The minimum absolute atomic E-state index is 0.0472. The summed E-state index contributed by atoms with van der Waals surface area (Å²) in [5, 5.41) is 5.20. The van der Waals surface area contributed by atoms with Gasteiger partial charge < -0.3 is 9.80 Å². The van der Waals surface area contributed by atoms with Crippen molar-refractivity contribution in [2.75, 3.05) is 38.1 Å². The Morgan fingerprint density at radius 2 is 1.80 bits per heavy atom. The minimum atomic E-state index is 0.0472. The molecule has 2 aliphatic heterocycles. The van der Waals surface area contributed by atoms with E-state index in [4.69, 9.17) is 0 Å². The van der Waals surface area contributed by atoms with Gasteiger partial charge in [-0.25, -0.2) is 4.98 Å². The molecule has 0 aromatic carbocycles. The normalized spacial score (nSPS) is 17.6. The van der Waals surface area contributed by atoms with Gasteiger partial charge in [0.25, 0.3) is 0 Å². The second kappa shape index (κ2) is 8.53. The molecule has 0 atom stereocenters. The number of piperidine rings is 1. The molecule has 8 heteroatoms. The first kappa shape index (κ1) is 21.9. The molecule has 0 amide bonds. The van der Waals surface area contributed by atoms with Crippen molar-refractivity contribution in [3.63, 3.8) is 0 Å². The summed E-state index contributed by atoms with van der Waals surface area (Å²) >= 11 is 0. The summed E-state index contributed by atoms with van der Waals surface area (Å²) in [4.78, 5) is 31.5. The first-order chi connectivity index (χ1) is 17.0. The number of Topliss-reactive ketones (excluding diaryl/α,β-unsaturated/α-hetero) is 1. The average molecular weight is 468 g/mol. The number of nitrogens with zero attached hydrogens (tertiary/aromatic N) is 7. The van der Waals surface area contributed by atoms with Crippen LogP contribution in [0.5, 0.6) is 0 Å². The van der Waals surface area contributed by atoms with Crippen LogP contribution in [0.1, 0.15) is 28.9 Å². The van der Waals surface area contributed by atoms with Gasteiger partial charge in [-0.05, 0) is 49.6 Å². The van der Waals surface area contributed by atoms with E-state index in [1.54, 1.807) is 23.1 Å². The summed E-state index contributed by atoms with van der Waals surface area (Å²) in [7, 11) is 4.08. The standard InChI is InChI=1S/C27H29N7O/c1-32-17-27(18-32)4-7-34(8-5-27)26-11-19(3-6-28-26)25(35)12-23-10-20-9-21(13-30-24(20)15-29-23)22-14-31-33(2)16-22/h3,6,9-11,13-16H,4-5,7-8,12,17-18H2,1-2H3. The summed E-state index contributed by atoms with van der Waals surface area (Å²) in [5.74, 6) is 0.945. The van der Waals surface area contributed by atoms with Crippen LogP contribution >= 0.6 is 0 Å². The Hall–Kier alpha value is -3.65. The van der Waals surface area contributed by atoms with Crippen molar-refractivity contribution >= 4 is 22.5 Å². The maximum absolute atomic E-state index is 13.2. The summed E-state index contributed by atoms with van der Waals surface area (Å²) in [6.07, 6.45) is 11.7. The number of aromatic nitrogens is 5. The third-order valence-corrected chi connectivity index (χ3v) is 7.43. The highest BCUT2D eigenvalue weighted by Crippen LogP contribution is 2.40. The Morgan fingerprint density at radius 3 is 2.54 bits per heavy atom. The number of rotatable bonds is 5. The summed E-state index contributed by atoms with van der Waals surface area (Å²) in [5.41, 5.74) is 4.72. The number of hydrogen-bond donors (Lipinski definition) is 0. The van der Waals surface area contributed by atoms with Crippen LogP contribution in [-0.2, 0) is 13.5 Å². The second-order valence-corrected chi connectivity index (χ2v) is 10.2. The van der Waals surface area contributed by atoms with E-state index in [9.17, 15) is 4.79 Å². The molecule has 1 spiro atoms. The highest BCUT2D eigenvalue weighted by Gasteiger charge is 2.43. The lowest BCUT2D eigenvalue weighted by molar-refractivity contribution is 0.00121. The Morgan fingerprint density at radius 1 is 0.971 bits per heavy atom. The van der Waals surface area contributed by atoms with E-state index in [0.29, 0.717) is 11.0 Å². The maximum atomic E-state index is 13.2. The third kappa shape index (κ3) is 4.30. The average Bonchev–Trinajstić information content (AvgIpc) is 3.29. The van der Waals surface area contributed by atoms with Crippen molar-refractivity contribution in [2.45, 2.75) is 19.3 Å². The first-order valence-corrected chi connectivity index (χ1v) is 12.1. The highest BCUT2D eigenvalue weighted by molar-refractivity contribution is 5.98. The van der Waals surface area contributed by atoms with Crippen molar-refractivity contribution < 1.29 is 4.79 Å². The van der Waals surface area contributed by atoms with Crippen LogP contribution in [0.15, 0.2) is 55.2 Å². The molecule has 0 saturated carbocycles. The van der Waals surface area contributed by atoms with E-state index in [-0.39, 0.29) is 12.2 Å². The molecule has 2 saturated heterocycles. The molecule has 35 heavy (non-hydrogen) atoms. The van der Waals surface area contributed by atoms with E-state index in [1.807, 2.05) is 37.8 Å². The van der Waals surface area contributed by atoms with Crippen LogP contribution in [0.2, 0.25) is 0 Å². The van der Waals surface area contributed by atoms with E-state index >= 15 is 0 Å². The zero-order valence-electron chi connectivity index (χ0n) is 20.2. The third-order valence-electron chi connectivity index (χ3n) is 7.43. The Kier molecular flexibility index (Phi) is 5.33. The van der Waals surface area contributed by atoms with Crippen LogP contribution in [0.25, 0.3) is 22.0 Å². The van der Waals surface area contributed by atoms with E-state index in [0.717, 1.165) is 46.6 Å². The van der Waals surface area contributed by atoms with Gasteiger partial charge in [0.05, 0.1) is 24.3 Å². The van der Waals surface area contributed by atoms with Crippen molar-refractivity contribution in [2.24, 2.45) is 12.5 Å². The van der Waals surface area contributed by atoms with Crippen LogP contribution in [0.4, 0.5) is 5.82 Å². The molecule has 0 unspecified atom stereocenters. The van der Waals surface area contributed by atoms with Gasteiger partial charge in [-0.2, -0.15) is 5.10 Å². The zero-order valence-corrected chi connectivity index (χ0v) is 20.2. The zero-order chi connectivity index (χ0) is 24.0. The van der Waals surface area contributed by atoms with Gasteiger partial charge in [-0.3, -0.25) is 19.4 Å².